The number of ether oxygens (including phenoxy) is 1. The number of anilines is 1. The second-order valence-corrected chi connectivity index (χ2v) is 7.07. The highest BCUT2D eigenvalue weighted by Crippen LogP contribution is 2.41. The highest BCUT2D eigenvalue weighted by atomic mass is 35.5. The maximum Gasteiger partial charge on any atom is 0.272 e. The molecule has 6 nitrogen and oxygen atoms in total. The zero-order valence-electron chi connectivity index (χ0n) is 14.4. The van der Waals surface area contributed by atoms with Crippen molar-refractivity contribution in [1.29, 1.82) is 0 Å². The third-order valence-corrected chi connectivity index (χ3v) is 5.06. The van der Waals surface area contributed by atoms with Gasteiger partial charge in [-0.25, -0.2) is 9.97 Å². The van der Waals surface area contributed by atoms with E-state index in [1.165, 1.54) is 6.20 Å². The molecule has 136 valence electrons. The number of carbonyl (C=O) groups excluding carboxylic acids is 1. The van der Waals surface area contributed by atoms with E-state index in [0.717, 1.165) is 18.4 Å². The van der Waals surface area contributed by atoms with E-state index in [1.807, 2.05) is 35.2 Å². The summed E-state index contributed by atoms with van der Waals surface area (Å²) in [5.41, 5.74) is 1.34. The number of amides is 1. The summed E-state index contributed by atoms with van der Waals surface area (Å²) in [4.78, 5) is 23.6. The van der Waals surface area contributed by atoms with Crippen LogP contribution in [0.25, 0.3) is 0 Å². The van der Waals surface area contributed by atoms with Gasteiger partial charge in [0.15, 0.2) is 5.69 Å². The van der Waals surface area contributed by atoms with Crippen LogP contribution in [0.2, 0.25) is 5.02 Å². The molecule has 1 aromatic carbocycles. The molecule has 1 saturated carbocycles. The zero-order valence-corrected chi connectivity index (χ0v) is 15.2. The van der Waals surface area contributed by atoms with Gasteiger partial charge in [-0.2, -0.15) is 0 Å². The Hall–Kier alpha value is -2.18. The first kappa shape index (κ1) is 17.2. The van der Waals surface area contributed by atoms with Crippen molar-refractivity contribution in [2.75, 3.05) is 31.2 Å². The minimum atomic E-state index is -0.257. The van der Waals surface area contributed by atoms with E-state index in [2.05, 4.69) is 15.3 Å². The fourth-order valence-corrected chi connectivity index (χ4v) is 3.38. The fraction of sp³-hybridized carbons (Fsp3) is 0.421. The summed E-state index contributed by atoms with van der Waals surface area (Å²) in [7, 11) is 0. The van der Waals surface area contributed by atoms with Crippen LogP contribution in [0.15, 0.2) is 36.5 Å². The fourth-order valence-electron chi connectivity index (χ4n) is 3.21. The van der Waals surface area contributed by atoms with Crippen LogP contribution in [0, 0.1) is 5.92 Å². The van der Waals surface area contributed by atoms with Crippen LogP contribution in [-0.2, 0) is 4.74 Å². The van der Waals surface area contributed by atoms with E-state index in [9.17, 15) is 4.79 Å². The first-order chi connectivity index (χ1) is 12.7. The SMILES string of the molecule is O=C(N[C@@H](c1ccccc1)C1CC1)c1nc(N2CCOCC2)ncc1Cl. The van der Waals surface area contributed by atoms with E-state index < -0.39 is 0 Å². The largest absolute Gasteiger partial charge is 0.378 e. The normalized spacial score (nSPS) is 18.4. The third-order valence-electron chi connectivity index (χ3n) is 4.78. The number of aromatic nitrogens is 2. The van der Waals surface area contributed by atoms with Crippen LogP contribution in [0.1, 0.15) is 34.9 Å². The molecule has 0 radical (unpaired) electrons. The third kappa shape index (κ3) is 3.81. The number of benzene rings is 1. The van der Waals surface area contributed by atoms with Crippen molar-refractivity contribution in [3.63, 3.8) is 0 Å². The van der Waals surface area contributed by atoms with Crippen molar-refractivity contribution in [2.45, 2.75) is 18.9 Å². The van der Waals surface area contributed by atoms with Gasteiger partial charge in [0.25, 0.3) is 5.91 Å². The lowest BCUT2D eigenvalue weighted by molar-refractivity contribution is 0.0926. The first-order valence-electron chi connectivity index (χ1n) is 8.93. The molecule has 1 amide bonds. The molecule has 4 rings (SSSR count). The van der Waals surface area contributed by atoms with Gasteiger partial charge in [-0.1, -0.05) is 41.9 Å². The summed E-state index contributed by atoms with van der Waals surface area (Å²) in [6.07, 6.45) is 3.75. The van der Waals surface area contributed by atoms with Crippen molar-refractivity contribution in [3.8, 4) is 0 Å². The summed E-state index contributed by atoms with van der Waals surface area (Å²) in [6, 6.07) is 10.0. The summed E-state index contributed by atoms with van der Waals surface area (Å²) in [5.74, 6) is 0.735. The Balaban J connectivity index is 1.55. The summed E-state index contributed by atoms with van der Waals surface area (Å²) < 4.78 is 5.35. The van der Waals surface area contributed by atoms with Crippen LogP contribution in [-0.4, -0.2) is 42.2 Å². The number of morpholine rings is 1. The van der Waals surface area contributed by atoms with E-state index >= 15 is 0 Å². The number of carbonyl (C=O) groups is 1. The molecule has 1 saturated heterocycles. The van der Waals surface area contributed by atoms with E-state index in [1.54, 1.807) is 0 Å². The topological polar surface area (TPSA) is 67.4 Å². The highest BCUT2D eigenvalue weighted by molar-refractivity contribution is 6.33. The van der Waals surface area contributed by atoms with Crippen molar-refractivity contribution in [2.24, 2.45) is 5.92 Å². The van der Waals surface area contributed by atoms with Gasteiger partial charge in [0, 0.05) is 13.1 Å². The molecule has 1 atom stereocenters. The van der Waals surface area contributed by atoms with Crippen LogP contribution < -0.4 is 10.2 Å². The number of rotatable bonds is 5. The molecule has 0 unspecified atom stereocenters. The molecule has 26 heavy (non-hydrogen) atoms. The quantitative estimate of drug-likeness (QED) is 0.874. The van der Waals surface area contributed by atoms with E-state index in [4.69, 9.17) is 16.3 Å². The maximum atomic E-state index is 12.9. The average molecular weight is 373 g/mol. The van der Waals surface area contributed by atoms with Gasteiger partial charge in [0.05, 0.1) is 30.5 Å². The molecule has 1 aliphatic carbocycles. The molecule has 1 aliphatic heterocycles. The molecule has 2 fully saturated rings. The van der Waals surface area contributed by atoms with Crippen molar-refractivity contribution in [3.05, 3.63) is 52.8 Å². The smallest absolute Gasteiger partial charge is 0.272 e. The molecule has 0 bridgehead atoms. The van der Waals surface area contributed by atoms with E-state index in [-0.39, 0.29) is 22.7 Å². The summed E-state index contributed by atoms with van der Waals surface area (Å²) in [5, 5.41) is 3.39. The van der Waals surface area contributed by atoms with Gasteiger partial charge < -0.3 is 15.0 Å². The van der Waals surface area contributed by atoms with Gasteiger partial charge >= 0.3 is 0 Å². The van der Waals surface area contributed by atoms with Gasteiger partial charge in [0.2, 0.25) is 5.95 Å². The van der Waals surface area contributed by atoms with Crippen LogP contribution in [0.4, 0.5) is 5.95 Å². The minimum Gasteiger partial charge on any atom is -0.378 e. The summed E-state index contributed by atoms with van der Waals surface area (Å²) >= 11 is 6.23. The lowest BCUT2D eigenvalue weighted by Crippen LogP contribution is -2.38. The molecule has 2 aliphatic rings. The molecule has 7 heteroatoms. The molecular weight excluding hydrogens is 352 g/mol. The predicted molar refractivity (Wildman–Crippen MR) is 99.4 cm³/mol. The van der Waals surface area contributed by atoms with Crippen molar-refractivity contribution >= 4 is 23.5 Å². The van der Waals surface area contributed by atoms with Gasteiger partial charge in [-0.15, -0.1) is 0 Å². The average Bonchev–Trinajstić information content (AvgIpc) is 3.53. The molecule has 1 aromatic heterocycles. The van der Waals surface area contributed by atoms with Crippen LogP contribution >= 0.6 is 11.6 Å². The molecular formula is C19H21ClN4O2. The number of hydrogen-bond donors (Lipinski definition) is 1. The number of nitrogens with one attached hydrogen (secondary N) is 1. The standard InChI is InChI=1S/C19H21ClN4O2/c20-15-12-21-19(24-8-10-26-11-9-24)23-17(15)18(25)22-16(14-6-7-14)13-4-2-1-3-5-13/h1-5,12,14,16H,6-11H2,(H,22,25)/t16-/m0/s1. The second kappa shape index (κ2) is 7.60. The Kier molecular flexibility index (Phi) is 5.04. The van der Waals surface area contributed by atoms with Crippen molar-refractivity contribution in [1.82, 2.24) is 15.3 Å². The molecule has 1 N–H and O–H groups in total. The predicted octanol–water partition coefficient (Wildman–Crippen LogP) is 2.85. The Labute approximate surface area is 157 Å². The molecule has 0 spiro atoms. The van der Waals surface area contributed by atoms with Crippen molar-refractivity contribution < 1.29 is 9.53 Å². The number of nitrogens with zero attached hydrogens (tertiary/aromatic N) is 3. The second-order valence-electron chi connectivity index (χ2n) is 6.67. The number of halogens is 1. The van der Waals surface area contributed by atoms with Gasteiger partial charge in [-0.3, -0.25) is 4.79 Å². The molecule has 2 aromatic rings. The molecule has 2 heterocycles. The monoisotopic (exact) mass is 372 g/mol. The highest BCUT2D eigenvalue weighted by Gasteiger charge is 2.34. The minimum absolute atomic E-state index is 0.0124. The number of hydrogen-bond acceptors (Lipinski definition) is 5. The lowest BCUT2D eigenvalue weighted by Gasteiger charge is -2.27. The summed E-state index contributed by atoms with van der Waals surface area (Å²) in [6.45, 7) is 2.67. The Bertz CT molecular complexity index is 776. The van der Waals surface area contributed by atoms with E-state index in [0.29, 0.717) is 38.2 Å². The van der Waals surface area contributed by atoms with Crippen LogP contribution in [0.5, 0.6) is 0 Å². The zero-order chi connectivity index (χ0) is 17.9. The lowest BCUT2D eigenvalue weighted by atomic mass is 10.0. The Morgan fingerprint density at radius 3 is 2.65 bits per heavy atom. The maximum absolute atomic E-state index is 12.9. The Morgan fingerprint density at radius 2 is 1.96 bits per heavy atom. The van der Waals surface area contributed by atoms with Gasteiger partial charge in [-0.05, 0) is 24.3 Å². The van der Waals surface area contributed by atoms with Crippen LogP contribution in [0.3, 0.4) is 0 Å². The first-order valence-corrected chi connectivity index (χ1v) is 9.31. The Morgan fingerprint density at radius 1 is 1.23 bits per heavy atom. The van der Waals surface area contributed by atoms with Gasteiger partial charge in [0.1, 0.15) is 0 Å².